The molecule has 0 aliphatic rings. The summed E-state index contributed by atoms with van der Waals surface area (Å²) in [6.45, 7) is 8.39. The zero-order chi connectivity index (χ0) is 13.6. The van der Waals surface area contributed by atoms with E-state index in [4.69, 9.17) is 9.47 Å². The van der Waals surface area contributed by atoms with Gasteiger partial charge in [0.15, 0.2) is 12.1 Å². The maximum atomic E-state index is 9.75. The lowest BCUT2D eigenvalue weighted by Gasteiger charge is -2.25. The maximum absolute atomic E-state index is 9.75. The minimum absolute atomic E-state index is 0.100. The molecule has 0 amide bonds. The van der Waals surface area contributed by atoms with Gasteiger partial charge in [0.1, 0.15) is 0 Å². The van der Waals surface area contributed by atoms with Gasteiger partial charge in [-0.3, -0.25) is 0 Å². The summed E-state index contributed by atoms with van der Waals surface area (Å²) in [5.74, 6) is 0.248. The molecule has 0 saturated heterocycles. The first kappa shape index (κ1) is 18.5. The Hall–Kier alpha value is 0.135. The van der Waals surface area contributed by atoms with Crippen molar-refractivity contribution < 1.29 is 26.7 Å². The lowest BCUT2D eigenvalue weighted by molar-refractivity contribution is -0.141. The molecule has 3 unspecified atom stereocenters. The van der Waals surface area contributed by atoms with E-state index in [9.17, 15) is 17.3 Å². The number of halogens is 4. The average Bonchev–Trinajstić information content (AvgIpc) is 1.99. The van der Waals surface area contributed by atoms with Crippen molar-refractivity contribution >= 4 is 16.5 Å². The third kappa shape index (κ3) is 16.6. The van der Waals surface area contributed by atoms with E-state index >= 15 is 0 Å². The molecule has 100 valence electrons. The van der Waals surface area contributed by atoms with E-state index in [0.29, 0.717) is 0 Å². The maximum Gasteiger partial charge on any atom is 0.673 e. The minimum atomic E-state index is -6.00. The van der Waals surface area contributed by atoms with E-state index in [1.807, 2.05) is 16.2 Å². The van der Waals surface area contributed by atoms with E-state index < -0.39 is 7.25 Å². The summed E-state index contributed by atoms with van der Waals surface area (Å²) in [6.07, 6.45) is -0.100. The van der Waals surface area contributed by atoms with Crippen molar-refractivity contribution in [3.05, 3.63) is 0 Å². The first-order valence-electron chi connectivity index (χ1n) is 4.76. The predicted molar refractivity (Wildman–Crippen MR) is 62.1 cm³/mol. The molecular weight excluding hydrogens is 246 g/mol. The lowest BCUT2D eigenvalue weighted by atomic mass is 9.98. The highest BCUT2D eigenvalue weighted by molar-refractivity contribution is 7.17. The standard InChI is InChI=1S/C8H19O2P.BF4/c1-6(9-5)10-7(11)8(2,3)4;2-1(3,4)5/h6-7H,11H2,1-5H3;/q;-1/p+1. The molecule has 0 aromatic heterocycles. The summed E-state index contributed by atoms with van der Waals surface area (Å²) >= 11 is 0. The molecular formula is C8H20BF4O2P. The van der Waals surface area contributed by atoms with Crippen LogP contribution in [0.2, 0.25) is 0 Å². The zero-order valence-corrected chi connectivity index (χ0v) is 11.7. The third-order valence-corrected chi connectivity index (χ3v) is 3.07. The molecule has 3 atom stereocenters. The monoisotopic (exact) mass is 266 g/mol. The molecule has 8 heteroatoms. The van der Waals surface area contributed by atoms with Crippen molar-refractivity contribution in [2.75, 3.05) is 7.11 Å². The van der Waals surface area contributed by atoms with Gasteiger partial charge in [-0.1, -0.05) is 20.8 Å². The second-order valence-corrected chi connectivity index (χ2v) is 5.03. The first-order valence-corrected chi connectivity index (χ1v) is 5.58. The van der Waals surface area contributed by atoms with Gasteiger partial charge in [0.05, 0.1) is 0 Å². The lowest BCUT2D eigenvalue weighted by Crippen LogP contribution is -2.27. The van der Waals surface area contributed by atoms with Crippen molar-refractivity contribution in [1.82, 2.24) is 0 Å². The highest BCUT2D eigenvalue weighted by atomic mass is 31.0. The number of rotatable bonds is 3. The zero-order valence-electron chi connectivity index (χ0n) is 10.3. The van der Waals surface area contributed by atoms with Crippen molar-refractivity contribution in [1.29, 1.82) is 0 Å². The quantitative estimate of drug-likeness (QED) is 0.338. The molecule has 0 fully saturated rings. The average molecular weight is 266 g/mol. The van der Waals surface area contributed by atoms with Crippen LogP contribution in [0.1, 0.15) is 27.7 Å². The van der Waals surface area contributed by atoms with Crippen LogP contribution in [0, 0.1) is 5.41 Å². The van der Waals surface area contributed by atoms with Gasteiger partial charge in [-0.2, -0.15) is 0 Å². The van der Waals surface area contributed by atoms with Gasteiger partial charge in [0.25, 0.3) is 0 Å². The molecule has 0 aromatic rings. The summed E-state index contributed by atoms with van der Waals surface area (Å²) in [5, 5.41) is 0. The van der Waals surface area contributed by atoms with Crippen LogP contribution in [-0.4, -0.2) is 26.5 Å². The molecule has 0 aliphatic carbocycles. The SMILES string of the molecule is COC(C)OC([PH3+])C(C)(C)C.F[B-](F)(F)F. The van der Waals surface area contributed by atoms with E-state index in [1.165, 1.54) is 0 Å². The Balaban J connectivity index is 0. The van der Waals surface area contributed by atoms with Crippen LogP contribution in [0.3, 0.4) is 0 Å². The Morgan fingerprint density at radius 2 is 1.44 bits per heavy atom. The normalized spacial score (nSPS) is 16.3. The molecule has 0 heterocycles. The third-order valence-electron chi connectivity index (χ3n) is 1.65. The molecule has 16 heavy (non-hydrogen) atoms. The fourth-order valence-electron chi connectivity index (χ4n) is 0.491. The summed E-state index contributed by atoms with van der Waals surface area (Å²) in [5.41, 5.74) is 0.200. The van der Waals surface area contributed by atoms with Crippen LogP contribution in [-0.2, 0) is 9.47 Å². The van der Waals surface area contributed by atoms with E-state index in [2.05, 4.69) is 20.8 Å². The summed E-state index contributed by atoms with van der Waals surface area (Å²) in [6, 6.07) is 0. The molecule has 0 bridgehead atoms. The van der Waals surface area contributed by atoms with Gasteiger partial charge in [-0.15, -0.1) is 0 Å². The number of methoxy groups -OCH3 is 1. The van der Waals surface area contributed by atoms with Gasteiger partial charge < -0.3 is 26.7 Å². The van der Waals surface area contributed by atoms with Gasteiger partial charge in [0.2, 0.25) is 0 Å². The van der Waals surface area contributed by atoms with Crippen LogP contribution in [0.4, 0.5) is 17.3 Å². The van der Waals surface area contributed by atoms with E-state index in [-0.39, 0.29) is 17.6 Å². The van der Waals surface area contributed by atoms with Crippen molar-refractivity contribution in [3.63, 3.8) is 0 Å². The Kier molecular flexibility index (Phi) is 8.62. The van der Waals surface area contributed by atoms with Gasteiger partial charge in [0, 0.05) is 21.8 Å². The largest absolute Gasteiger partial charge is 0.673 e. The molecule has 2 nitrogen and oxygen atoms in total. The van der Waals surface area contributed by atoms with Gasteiger partial charge >= 0.3 is 7.25 Å². The minimum Gasteiger partial charge on any atom is -0.418 e. The summed E-state index contributed by atoms with van der Waals surface area (Å²) in [7, 11) is -2.48. The smallest absolute Gasteiger partial charge is 0.418 e. The van der Waals surface area contributed by atoms with Crippen LogP contribution < -0.4 is 0 Å². The van der Waals surface area contributed by atoms with Crippen LogP contribution in [0.5, 0.6) is 0 Å². The molecule has 0 spiro atoms. The van der Waals surface area contributed by atoms with Gasteiger partial charge in [-0.25, -0.2) is 0 Å². The number of hydrogen-bond acceptors (Lipinski definition) is 2. The molecule has 0 radical (unpaired) electrons. The van der Waals surface area contributed by atoms with E-state index in [0.717, 1.165) is 0 Å². The Bertz CT molecular complexity index is 178. The Morgan fingerprint density at radius 3 is 1.62 bits per heavy atom. The van der Waals surface area contributed by atoms with Crippen molar-refractivity contribution in [2.24, 2.45) is 5.41 Å². The van der Waals surface area contributed by atoms with Crippen LogP contribution >= 0.6 is 9.24 Å². The summed E-state index contributed by atoms with van der Waals surface area (Å²) < 4.78 is 49.6. The Labute approximate surface area is 96.4 Å². The van der Waals surface area contributed by atoms with Crippen molar-refractivity contribution in [3.8, 4) is 0 Å². The molecule has 0 rings (SSSR count). The molecule has 0 N–H and O–H groups in total. The molecule has 0 saturated carbocycles. The second-order valence-electron chi connectivity index (χ2n) is 4.29. The van der Waals surface area contributed by atoms with Crippen LogP contribution in [0.15, 0.2) is 0 Å². The van der Waals surface area contributed by atoms with Crippen molar-refractivity contribution in [2.45, 2.75) is 39.8 Å². The molecule has 0 aromatic carbocycles. The highest BCUT2D eigenvalue weighted by Gasteiger charge is 2.26. The molecule has 0 aliphatic heterocycles. The fourth-order valence-corrected chi connectivity index (χ4v) is 0.762. The first-order chi connectivity index (χ1) is 6.88. The predicted octanol–water partition coefficient (Wildman–Crippen LogP) is 3.28. The van der Waals surface area contributed by atoms with E-state index in [1.54, 1.807) is 7.11 Å². The second kappa shape index (κ2) is 7.46. The van der Waals surface area contributed by atoms with Crippen LogP contribution in [0.25, 0.3) is 0 Å². The highest BCUT2D eigenvalue weighted by Crippen LogP contribution is 2.28. The summed E-state index contributed by atoms with van der Waals surface area (Å²) in [4.78, 5) is 0. The topological polar surface area (TPSA) is 18.5 Å². The Morgan fingerprint density at radius 1 is 1.12 bits per heavy atom. The number of ether oxygens (including phenoxy) is 2. The number of hydrogen-bond donors (Lipinski definition) is 0. The van der Waals surface area contributed by atoms with Gasteiger partial charge in [-0.05, 0) is 6.92 Å². The fraction of sp³-hybridized carbons (Fsp3) is 1.00.